The largest absolute Gasteiger partial charge is 0.497 e. The van der Waals surface area contributed by atoms with Crippen LogP contribution in [0.25, 0.3) is 0 Å². The van der Waals surface area contributed by atoms with E-state index in [1.54, 1.807) is 36.4 Å². The van der Waals surface area contributed by atoms with Crippen LogP contribution in [0.4, 0.5) is 11.5 Å². The molecule has 1 amide bonds. The Hall–Kier alpha value is -3.31. The number of methoxy groups -OCH3 is 2. The van der Waals surface area contributed by atoms with E-state index in [0.29, 0.717) is 17.2 Å². The van der Waals surface area contributed by atoms with Gasteiger partial charge >= 0.3 is 0 Å². The molecule has 0 bridgehead atoms. The summed E-state index contributed by atoms with van der Waals surface area (Å²) in [6.07, 6.45) is 1.15. The number of anilines is 2. The number of nitrogens with zero attached hydrogens (tertiary/aromatic N) is 2. The van der Waals surface area contributed by atoms with E-state index in [9.17, 15) is 13.2 Å². The summed E-state index contributed by atoms with van der Waals surface area (Å²) in [5, 5.41) is 2.91. The van der Waals surface area contributed by atoms with E-state index in [1.807, 2.05) is 0 Å². The van der Waals surface area contributed by atoms with Crippen LogP contribution in [-0.4, -0.2) is 44.3 Å². The Balaban J connectivity index is 1.68. The van der Waals surface area contributed by atoms with Crippen LogP contribution in [0.3, 0.4) is 0 Å². The van der Waals surface area contributed by atoms with E-state index in [4.69, 9.17) is 15.2 Å². The molecule has 3 aromatic rings. The molecule has 0 saturated carbocycles. The molecule has 1 aromatic heterocycles. The van der Waals surface area contributed by atoms with Gasteiger partial charge in [-0.1, -0.05) is 30.0 Å². The van der Waals surface area contributed by atoms with E-state index < -0.39 is 9.84 Å². The summed E-state index contributed by atoms with van der Waals surface area (Å²) < 4.78 is 35.8. The van der Waals surface area contributed by atoms with Gasteiger partial charge in [-0.2, -0.15) is 0 Å². The number of ether oxygens (including phenoxy) is 2. The fraction of sp³-hybridized carbons (Fsp3) is 0.150. The zero-order valence-corrected chi connectivity index (χ0v) is 18.4. The highest BCUT2D eigenvalue weighted by Crippen LogP contribution is 2.29. The molecule has 11 heteroatoms. The fourth-order valence-corrected chi connectivity index (χ4v) is 4.49. The van der Waals surface area contributed by atoms with Crippen molar-refractivity contribution in [1.29, 1.82) is 0 Å². The van der Waals surface area contributed by atoms with E-state index in [0.717, 1.165) is 18.0 Å². The van der Waals surface area contributed by atoms with E-state index >= 15 is 0 Å². The Morgan fingerprint density at radius 3 is 2.52 bits per heavy atom. The molecule has 3 rings (SSSR count). The second kappa shape index (κ2) is 9.67. The molecule has 0 spiro atoms. The van der Waals surface area contributed by atoms with Crippen molar-refractivity contribution < 1.29 is 22.7 Å². The Morgan fingerprint density at radius 1 is 1.13 bits per heavy atom. The highest BCUT2D eigenvalue weighted by molar-refractivity contribution is 7.99. The van der Waals surface area contributed by atoms with Gasteiger partial charge in [0, 0.05) is 6.07 Å². The predicted octanol–water partition coefficient (Wildman–Crippen LogP) is 2.64. The molecular weight excluding hydrogens is 440 g/mol. The lowest BCUT2D eigenvalue weighted by Gasteiger charge is -2.11. The summed E-state index contributed by atoms with van der Waals surface area (Å²) in [5.41, 5.74) is 6.35. The standard InChI is InChI=1S/C20H20N4O5S2/c1-28-13-8-9-15(16(10-13)29-2)23-18(25)12-30-20-22-11-17(19(21)24-20)31(26,27)14-6-4-3-5-7-14/h3-11H,12H2,1-2H3,(H,23,25)(H2,21,22,24). The highest BCUT2D eigenvalue weighted by Gasteiger charge is 2.22. The number of nitrogens with two attached hydrogens (primary N) is 1. The molecule has 162 valence electrons. The quantitative estimate of drug-likeness (QED) is 0.384. The molecule has 0 aliphatic rings. The van der Waals surface area contributed by atoms with Gasteiger partial charge in [0.1, 0.15) is 22.2 Å². The van der Waals surface area contributed by atoms with Gasteiger partial charge in [0.05, 0.1) is 36.8 Å². The normalized spacial score (nSPS) is 11.0. The maximum absolute atomic E-state index is 12.7. The topological polar surface area (TPSA) is 133 Å². The van der Waals surface area contributed by atoms with Gasteiger partial charge in [0.15, 0.2) is 5.16 Å². The predicted molar refractivity (Wildman–Crippen MR) is 117 cm³/mol. The van der Waals surface area contributed by atoms with E-state index in [-0.39, 0.29) is 32.4 Å². The lowest BCUT2D eigenvalue weighted by molar-refractivity contribution is -0.113. The molecule has 3 N–H and O–H groups in total. The molecule has 2 aromatic carbocycles. The second-order valence-electron chi connectivity index (χ2n) is 6.12. The maximum Gasteiger partial charge on any atom is 0.234 e. The molecule has 31 heavy (non-hydrogen) atoms. The van der Waals surface area contributed by atoms with Crippen molar-refractivity contribution >= 4 is 39.0 Å². The maximum atomic E-state index is 12.7. The minimum atomic E-state index is -3.83. The zero-order valence-electron chi connectivity index (χ0n) is 16.7. The summed E-state index contributed by atoms with van der Waals surface area (Å²) in [6, 6.07) is 12.9. The molecular formula is C20H20N4O5S2. The number of hydrogen-bond donors (Lipinski definition) is 2. The number of thioether (sulfide) groups is 1. The lowest BCUT2D eigenvalue weighted by atomic mass is 10.2. The lowest BCUT2D eigenvalue weighted by Crippen LogP contribution is -2.15. The minimum Gasteiger partial charge on any atom is -0.497 e. The third-order valence-electron chi connectivity index (χ3n) is 4.12. The summed E-state index contributed by atoms with van der Waals surface area (Å²) in [4.78, 5) is 20.3. The first kappa shape index (κ1) is 22.4. The number of nitrogen functional groups attached to an aromatic ring is 1. The van der Waals surface area contributed by atoms with Crippen molar-refractivity contribution in [3.8, 4) is 11.5 Å². The van der Waals surface area contributed by atoms with Crippen LogP contribution in [0.15, 0.2) is 69.7 Å². The van der Waals surface area contributed by atoms with Gasteiger partial charge < -0.3 is 20.5 Å². The van der Waals surface area contributed by atoms with Gasteiger partial charge in [-0.15, -0.1) is 0 Å². The van der Waals surface area contributed by atoms with Crippen LogP contribution in [0.2, 0.25) is 0 Å². The molecule has 0 atom stereocenters. The number of hydrogen-bond acceptors (Lipinski definition) is 9. The Morgan fingerprint density at radius 2 is 1.87 bits per heavy atom. The molecule has 1 heterocycles. The third-order valence-corrected chi connectivity index (χ3v) is 6.77. The number of amides is 1. The Labute approximate surface area is 183 Å². The number of carbonyl (C=O) groups excluding carboxylic acids is 1. The Kier molecular flexibility index (Phi) is 6.98. The highest BCUT2D eigenvalue weighted by atomic mass is 32.2. The first-order chi connectivity index (χ1) is 14.8. The van der Waals surface area contributed by atoms with Crippen molar-refractivity contribution in [3.05, 3.63) is 54.7 Å². The average molecular weight is 461 g/mol. The van der Waals surface area contributed by atoms with Crippen LogP contribution in [0, 0.1) is 0 Å². The molecule has 9 nitrogen and oxygen atoms in total. The van der Waals surface area contributed by atoms with Gasteiger partial charge in [0.2, 0.25) is 15.7 Å². The summed E-state index contributed by atoms with van der Waals surface area (Å²) >= 11 is 1.02. The summed E-state index contributed by atoms with van der Waals surface area (Å²) in [7, 11) is -0.814. The van der Waals surface area contributed by atoms with Crippen molar-refractivity contribution in [3.63, 3.8) is 0 Å². The van der Waals surface area contributed by atoms with Gasteiger partial charge in [-0.3, -0.25) is 4.79 Å². The van der Waals surface area contributed by atoms with Gasteiger partial charge in [-0.05, 0) is 24.3 Å². The minimum absolute atomic E-state index is 0.0145. The smallest absolute Gasteiger partial charge is 0.234 e. The van der Waals surface area contributed by atoms with Crippen LogP contribution in [-0.2, 0) is 14.6 Å². The first-order valence-electron chi connectivity index (χ1n) is 8.92. The fourth-order valence-electron chi connectivity index (χ4n) is 2.59. The average Bonchev–Trinajstić information content (AvgIpc) is 2.78. The van der Waals surface area contributed by atoms with Crippen molar-refractivity contribution in [2.75, 3.05) is 31.0 Å². The molecule has 0 saturated heterocycles. The number of benzene rings is 2. The van der Waals surface area contributed by atoms with Gasteiger partial charge in [-0.25, -0.2) is 18.4 Å². The zero-order chi connectivity index (χ0) is 22.4. The van der Waals surface area contributed by atoms with Crippen LogP contribution < -0.4 is 20.5 Å². The van der Waals surface area contributed by atoms with Crippen LogP contribution in [0.5, 0.6) is 11.5 Å². The van der Waals surface area contributed by atoms with Crippen molar-refractivity contribution in [1.82, 2.24) is 9.97 Å². The third kappa shape index (κ3) is 5.25. The molecule has 0 radical (unpaired) electrons. The molecule has 0 fully saturated rings. The summed E-state index contributed by atoms with van der Waals surface area (Å²) in [5.74, 6) is 0.530. The van der Waals surface area contributed by atoms with Crippen molar-refractivity contribution in [2.24, 2.45) is 0 Å². The van der Waals surface area contributed by atoms with Crippen LogP contribution >= 0.6 is 11.8 Å². The second-order valence-corrected chi connectivity index (χ2v) is 8.98. The molecule has 0 aliphatic heterocycles. The number of sulfone groups is 1. The van der Waals surface area contributed by atoms with Gasteiger partial charge in [0.25, 0.3) is 0 Å². The van der Waals surface area contributed by atoms with Crippen molar-refractivity contribution in [2.45, 2.75) is 14.9 Å². The number of rotatable bonds is 8. The van der Waals surface area contributed by atoms with E-state index in [1.165, 1.54) is 26.4 Å². The number of aromatic nitrogens is 2. The van der Waals surface area contributed by atoms with E-state index in [2.05, 4.69) is 15.3 Å². The molecule has 0 unspecified atom stereocenters. The number of nitrogens with one attached hydrogen (secondary N) is 1. The SMILES string of the molecule is COc1ccc(NC(=O)CSc2ncc(S(=O)(=O)c3ccccc3)c(N)n2)c(OC)c1. The van der Waals surface area contributed by atoms with Crippen LogP contribution in [0.1, 0.15) is 0 Å². The number of carbonyl (C=O) groups is 1. The molecule has 0 aliphatic carbocycles. The monoisotopic (exact) mass is 460 g/mol. The Bertz CT molecular complexity index is 1190. The first-order valence-corrected chi connectivity index (χ1v) is 11.4. The summed E-state index contributed by atoms with van der Waals surface area (Å²) in [6.45, 7) is 0.